The van der Waals surface area contributed by atoms with E-state index in [1.807, 2.05) is 51.1 Å². The molecule has 0 fully saturated rings. The molecule has 0 saturated carbocycles. The summed E-state index contributed by atoms with van der Waals surface area (Å²) in [6.07, 6.45) is 0.377. The van der Waals surface area contributed by atoms with Crippen LogP contribution in [-0.4, -0.2) is 17.7 Å². The zero-order chi connectivity index (χ0) is 21.4. The quantitative estimate of drug-likeness (QED) is 0.415. The Morgan fingerprint density at radius 1 is 0.800 bits per heavy atom. The van der Waals surface area contributed by atoms with Crippen LogP contribution in [0, 0.1) is 13.8 Å². The predicted molar refractivity (Wildman–Crippen MR) is 121 cm³/mol. The Kier molecular flexibility index (Phi) is 5.14. The molecule has 5 nitrogen and oxygen atoms in total. The molecule has 5 heteroatoms. The highest BCUT2D eigenvalue weighted by Gasteiger charge is 2.34. The number of carbonyl (C=O) groups is 2. The molecule has 152 valence electrons. The second-order valence-electron chi connectivity index (χ2n) is 7.65. The Labute approximate surface area is 176 Å². The average molecular weight is 399 g/mol. The second kappa shape index (κ2) is 7.76. The minimum atomic E-state index is -0.313. The standard InChI is InChI=1S/C25H25N3O2/c1-4-21(26)28-20-13-12-19(27-18-11-7-8-14(2)15(18)3)22-23(20)25(30)17-10-6-5-9-16(17)24(22)29/h5-13,21,27-28H,4,26H2,1-3H3. The largest absolute Gasteiger partial charge is 0.369 e. The van der Waals surface area contributed by atoms with Crippen molar-refractivity contribution in [3.05, 3.63) is 88.0 Å². The number of carbonyl (C=O) groups excluding carboxylic acids is 2. The zero-order valence-corrected chi connectivity index (χ0v) is 17.4. The fourth-order valence-corrected chi connectivity index (χ4v) is 3.78. The van der Waals surface area contributed by atoms with Crippen LogP contribution in [0.1, 0.15) is 56.3 Å². The van der Waals surface area contributed by atoms with E-state index >= 15 is 0 Å². The predicted octanol–water partition coefficient (Wildman–Crippen LogP) is 4.93. The zero-order valence-electron chi connectivity index (χ0n) is 17.4. The first-order valence-corrected chi connectivity index (χ1v) is 10.1. The topological polar surface area (TPSA) is 84.2 Å². The molecule has 1 atom stereocenters. The van der Waals surface area contributed by atoms with Crippen molar-refractivity contribution in [2.45, 2.75) is 33.4 Å². The summed E-state index contributed by atoms with van der Waals surface area (Å²) in [6.45, 7) is 6.03. The summed E-state index contributed by atoms with van der Waals surface area (Å²) in [6, 6.07) is 16.6. The Bertz CT molecular complexity index is 1170. The van der Waals surface area contributed by atoms with Gasteiger partial charge in [0.15, 0.2) is 11.6 Å². The summed E-state index contributed by atoms with van der Waals surface area (Å²) in [7, 11) is 0. The van der Waals surface area contributed by atoms with E-state index in [1.165, 1.54) is 0 Å². The lowest BCUT2D eigenvalue weighted by atomic mass is 9.82. The number of rotatable bonds is 5. The number of nitrogens with two attached hydrogens (primary N) is 1. The normalized spacial score (nSPS) is 13.5. The van der Waals surface area contributed by atoms with Crippen LogP contribution in [0.5, 0.6) is 0 Å². The lowest BCUT2D eigenvalue weighted by molar-refractivity contribution is 0.0980. The second-order valence-corrected chi connectivity index (χ2v) is 7.65. The summed E-state index contributed by atoms with van der Waals surface area (Å²) >= 11 is 0. The summed E-state index contributed by atoms with van der Waals surface area (Å²) in [5.74, 6) is -0.336. The van der Waals surface area contributed by atoms with E-state index in [-0.39, 0.29) is 17.7 Å². The molecule has 3 aromatic rings. The van der Waals surface area contributed by atoms with Gasteiger partial charge in [-0.15, -0.1) is 0 Å². The van der Waals surface area contributed by atoms with E-state index in [0.29, 0.717) is 40.0 Å². The number of benzene rings is 3. The third-order valence-electron chi connectivity index (χ3n) is 5.73. The van der Waals surface area contributed by atoms with E-state index < -0.39 is 0 Å². The van der Waals surface area contributed by atoms with Crippen molar-refractivity contribution >= 4 is 28.6 Å². The monoisotopic (exact) mass is 399 g/mol. The summed E-state index contributed by atoms with van der Waals surface area (Å²) < 4.78 is 0. The number of hydrogen-bond acceptors (Lipinski definition) is 5. The van der Waals surface area contributed by atoms with Gasteiger partial charge in [0.25, 0.3) is 0 Å². The molecular formula is C25H25N3O2. The van der Waals surface area contributed by atoms with Gasteiger partial charge in [-0.3, -0.25) is 9.59 Å². The van der Waals surface area contributed by atoms with Crippen molar-refractivity contribution in [2.24, 2.45) is 5.73 Å². The fourth-order valence-electron chi connectivity index (χ4n) is 3.78. The van der Waals surface area contributed by atoms with Gasteiger partial charge in [0, 0.05) is 22.5 Å². The molecule has 0 bridgehead atoms. The average Bonchev–Trinajstić information content (AvgIpc) is 2.75. The first-order chi connectivity index (χ1) is 14.4. The van der Waals surface area contributed by atoms with Crippen LogP contribution in [0.4, 0.5) is 17.1 Å². The smallest absolute Gasteiger partial charge is 0.196 e. The minimum absolute atomic E-state index is 0.165. The molecule has 3 aromatic carbocycles. The maximum Gasteiger partial charge on any atom is 0.196 e. The van der Waals surface area contributed by atoms with Crippen LogP contribution in [0.15, 0.2) is 54.6 Å². The summed E-state index contributed by atoms with van der Waals surface area (Å²) in [5.41, 5.74) is 12.0. The molecule has 4 N–H and O–H groups in total. The van der Waals surface area contributed by atoms with E-state index in [4.69, 9.17) is 5.73 Å². The van der Waals surface area contributed by atoms with Crippen molar-refractivity contribution in [3.63, 3.8) is 0 Å². The van der Waals surface area contributed by atoms with Gasteiger partial charge in [-0.05, 0) is 49.6 Å². The van der Waals surface area contributed by atoms with E-state index in [2.05, 4.69) is 10.6 Å². The van der Waals surface area contributed by atoms with Gasteiger partial charge in [0.1, 0.15) is 0 Å². The molecule has 0 saturated heterocycles. The van der Waals surface area contributed by atoms with Gasteiger partial charge in [0.05, 0.1) is 23.0 Å². The highest BCUT2D eigenvalue weighted by atomic mass is 16.1. The third-order valence-corrected chi connectivity index (χ3v) is 5.73. The van der Waals surface area contributed by atoms with Crippen LogP contribution in [0.25, 0.3) is 0 Å². The molecule has 0 spiro atoms. The van der Waals surface area contributed by atoms with Crippen molar-refractivity contribution in [1.82, 2.24) is 0 Å². The first-order valence-electron chi connectivity index (χ1n) is 10.1. The molecule has 0 heterocycles. The van der Waals surface area contributed by atoms with Crippen LogP contribution in [-0.2, 0) is 0 Å². The van der Waals surface area contributed by atoms with Gasteiger partial charge >= 0.3 is 0 Å². The Morgan fingerprint density at radius 3 is 2.03 bits per heavy atom. The molecule has 0 amide bonds. The van der Waals surface area contributed by atoms with Gasteiger partial charge < -0.3 is 16.4 Å². The highest BCUT2D eigenvalue weighted by molar-refractivity contribution is 6.32. The SMILES string of the molecule is CCC(N)Nc1ccc(Nc2cccc(C)c2C)c2c1C(=O)c1ccccc1C2=O. The van der Waals surface area contributed by atoms with Crippen LogP contribution in [0.2, 0.25) is 0 Å². The van der Waals surface area contributed by atoms with Crippen molar-refractivity contribution in [1.29, 1.82) is 0 Å². The van der Waals surface area contributed by atoms with Gasteiger partial charge in [-0.2, -0.15) is 0 Å². The molecule has 0 aliphatic heterocycles. The van der Waals surface area contributed by atoms with E-state index in [1.54, 1.807) is 24.3 Å². The number of fused-ring (bicyclic) bond motifs is 2. The maximum atomic E-state index is 13.5. The molecule has 30 heavy (non-hydrogen) atoms. The minimum Gasteiger partial charge on any atom is -0.369 e. The molecule has 1 unspecified atom stereocenters. The first kappa shape index (κ1) is 19.9. The highest BCUT2D eigenvalue weighted by Crippen LogP contribution is 2.38. The van der Waals surface area contributed by atoms with Crippen LogP contribution < -0.4 is 16.4 Å². The number of anilines is 3. The third kappa shape index (κ3) is 3.27. The van der Waals surface area contributed by atoms with Crippen LogP contribution in [0.3, 0.4) is 0 Å². The van der Waals surface area contributed by atoms with Crippen LogP contribution >= 0.6 is 0 Å². The molecular weight excluding hydrogens is 374 g/mol. The number of nitrogens with one attached hydrogen (secondary N) is 2. The van der Waals surface area contributed by atoms with Crippen molar-refractivity contribution in [3.8, 4) is 0 Å². The number of aryl methyl sites for hydroxylation is 1. The molecule has 1 aliphatic rings. The van der Waals surface area contributed by atoms with E-state index in [9.17, 15) is 9.59 Å². The fraction of sp³-hybridized carbons (Fsp3) is 0.200. The van der Waals surface area contributed by atoms with Gasteiger partial charge in [-0.1, -0.05) is 43.3 Å². The van der Waals surface area contributed by atoms with E-state index in [0.717, 1.165) is 16.8 Å². The number of ketones is 2. The van der Waals surface area contributed by atoms with Gasteiger partial charge in [-0.25, -0.2) is 0 Å². The summed E-state index contributed by atoms with van der Waals surface area (Å²) in [5, 5.41) is 6.58. The van der Waals surface area contributed by atoms with Gasteiger partial charge in [0.2, 0.25) is 0 Å². The molecule has 1 aliphatic carbocycles. The Balaban J connectivity index is 1.91. The Hall–Kier alpha value is -3.44. The summed E-state index contributed by atoms with van der Waals surface area (Å²) in [4.78, 5) is 26.9. The maximum absolute atomic E-state index is 13.5. The lowest BCUT2D eigenvalue weighted by Crippen LogP contribution is -2.31. The lowest BCUT2D eigenvalue weighted by Gasteiger charge is -2.25. The molecule has 0 radical (unpaired) electrons. The Morgan fingerprint density at radius 2 is 1.40 bits per heavy atom. The van der Waals surface area contributed by atoms with Crippen molar-refractivity contribution in [2.75, 3.05) is 10.6 Å². The molecule has 0 aromatic heterocycles. The van der Waals surface area contributed by atoms with Crippen molar-refractivity contribution < 1.29 is 9.59 Å². The number of hydrogen-bond donors (Lipinski definition) is 3. The molecule has 4 rings (SSSR count).